The van der Waals surface area contributed by atoms with Gasteiger partial charge in [0, 0.05) is 23.5 Å². The normalized spacial score (nSPS) is 20.2. The Kier molecular flexibility index (Phi) is 5.34. The third kappa shape index (κ3) is 3.26. The summed E-state index contributed by atoms with van der Waals surface area (Å²) in [5.74, 6) is -1.06. The highest BCUT2D eigenvalue weighted by molar-refractivity contribution is 6.68. The van der Waals surface area contributed by atoms with E-state index in [1.165, 1.54) is 12.1 Å². The quantitative estimate of drug-likeness (QED) is 0.873. The molecule has 1 unspecified atom stereocenters. The Balaban J connectivity index is 0.00000121. The molecule has 0 saturated carbocycles. The zero-order valence-electron chi connectivity index (χ0n) is 13.7. The first-order valence-corrected chi connectivity index (χ1v) is 7.40. The second kappa shape index (κ2) is 7.15. The molecule has 3 heterocycles. The molecule has 134 valence electrons. The van der Waals surface area contributed by atoms with Gasteiger partial charge < -0.3 is 10.6 Å². The highest BCUT2D eigenvalue weighted by Gasteiger charge is 2.31. The summed E-state index contributed by atoms with van der Waals surface area (Å²) in [4.78, 5) is 17.7. The molecule has 0 aliphatic carbocycles. The van der Waals surface area contributed by atoms with Crippen molar-refractivity contribution in [2.45, 2.75) is 12.6 Å². The third-order valence-electron chi connectivity index (χ3n) is 4.02. The monoisotopic (exact) mass is 374 g/mol. The van der Waals surface area contributed by atoms with Crippen molar-refractivity contribution in [3.05, 3.63) is 65.7 Å². The van der Waals surface area contributed by atoms with E-state index in [9.17, 15) is 9.50 Å². The van der Waals surface area contributed by atoms with Gasteiger partial charge in [-0.3, -0.25) is 9.98 Å². The summed E-state index contributed by atoms with van der Waals surface area (Å²) in [5, 5.41) is 9.31. The van der Waals surface area contributed by atoms with Crippen LogP contribution in [0, 0.1) is 5.82 Å². The van der Waals surface area contributed by atoms with Crippen LogP contribution in [0.5, 0.6) is 5.75 Å². The predicted octanol–water partition coefficient (Wildman–Crippen LogP) is 2.72. The van der Waals surface area contributed by atoms with E-state index in [1.807, 2.05) is 19.1 Å². The zero-order chi connectivity index (χ0) is 16.7. The summed E-state index contributed by atoms with van der Waals surface area (Å²) in [6, 6.07) is 7.93. The van der Waals surface area contributed by atoms with Crippen LogP contribution in [0.1, 0.15) is 18.1 Å². The summed E-state index contributed by atoms with van der Waals surface area (Å²) >= 11 is 0. The van der Waals surface area contributed by atoms with Gasteiger partial charge in [-0.1, -0.05) is 0 Å². The fraction of sp³-hybridized carbons (Fsp3) is 0.111. The second-order valence-corrected chi connectivity index (χ2v) is 5.70. The Morgan fingerprint density at radius 1 is 1.08 bits per heavy atom. The molecular formula is C18H16ClFN4O2. The lowest BCUT2D eigenvalue weighted by molar-refractivity contribution is 0.432. The van der Waals surface area contributed by atoms with Crippen molar-refractivity contribution in [3.63, 3.8) is 0 Å². The largest absolute Gasteiger partial charge is 0.505 e. The van der Waals surface area contributed by atoms with Crippen LogP contribution in [0.15, 0.2) is 63.8 Å². The van der Waals surface area contributed by atoms with Crippen molar-refractivity contribution in [2.75, 3.05) is 0 Å². The molecular weight excluding hydrogens is 359 g/mol. The van der Waals surface area contributed by atoms with Gasteiger partial charge in [-0.25, -0.2) is 14.4 Å². The second-order valence-electron chi connectivity index (χ2n) is 5.70. The maximum absolute atomic E-state index is 13.6. The first-order chi connectivity index (χ1) is 11.5. The molecule has 1 aromatic carbocycles. The molecule has 0 radical (unpaired) electrons. The van der Waals surface area contributed by atoms with Gasteiger partial charge in [0.2, 0.25) is 0 Å². The predicted molar refractivity (Wildman–Crippen MR) is 102 cm³/mol. The summed E-state index contributed by atoms with van der Waals surface area (Å²) in [6.07, 6.45) is 6.89. The van der Waals surface area contributed by atoms with E-state index in [-0.39, 0.29) is 23.6 Å². The van der Waals surface area contributed by atoms with E-state index in [2.05, 4.69) is 15.0 Å². The molecule has 3 N–H and O–H groups in total. The molecule has 6 nitrogen and oxygen atoms in total. The molecule has 26 heavy (non-hydrogen) atoms. The van der Waals surface area contributed by atoms with Gasteiger partial charge in [-0.15, -0.1) is 12.4 Å². The van der Waals surface area contributed by atoms with Crippen LogP contribution >= 0.6 is 12.4 Å². The van der Waals surface area contributed by atoms with Crippen molar-refractivity contribution >= 4 is 35.7 Å². The zero-order valence-corrected chi connectivity index (χ0v) is 14.5. The van der Waals surface area contributed by atoms with Crippen LogP contribution in [0.25, 0.3) is 5.70 Å². The molecule has 0 bridgehead atoms. The summed E-state index contributed by atoms with van der Waals surface area (Å²) in [6.45, 7) is 1.91. The summed E-state index contributed by atoms with van der Waals surface area (Å²) in [7, 11) is 0. The third-order valence-corrected chi connectivity index (χ3v) is 4.02. The number of aromatic hydroxyl groups is 1. The average molecular weight is 375 g/mol. The number of halogens is 2. The Hall–Kier alpha value is -2.90. The van der Waals surface area contributed by atoms with E-state index in [0.717, 1.165) is 5.56 Å². The number of allylic oxidation sites excluding steroid dienone is 1. The summed E-state index contributed by atoms with van der Waals surface area (Å²) < 4.78 is 13.6. The molecule has 2 aliphatic rings. The van der Waals surface area contributed by atoms with Gasteiger partial charge >= 0.3 is 0 Å². The van der Waals surface area contributed by atoms with Crippen LogP contribution in [-0.4, -0.2) is 33.2 Å². The molecule has 1 aromatic heterocycles. The van der Waals surface area contributed by atoms with E-state index in [1.54, 1.807) is 30.8 Å². The molecule has 8 heteroatoms. The van der Waals surface area contributed by atoms with Gasteiger partial charge in [-0.2, -0.15) is 0 Å². The minimum Gasteiger partial charge on any atom is -0.505 e. The lowest BCUT2D eigenvalue weighted by atomic mass is 10.0. The number of hydrogen-bond donors (Lipinski definition) is 1. The minimum absolute atomic E-state index is 0. The van der Waals surface area contributed by atoms with Crippen molar-refractivity contribution in [3.8, 4) is 5.75 Å². The fourth-order valence-electron chi connectivity index (χ4n) is 2.68. The van der Waals surface area contributed by atoms with Gasteiger partial charge in [0.15, 0.2) is 17.2 Å². The Morgan fingerprint density at radius 3 is 2.50 bits per heavy atom. The summed E-state index contributed by atoms with van der Waals surface area (Å²) in [5.41, 5.74) is 2.71. The Bertz CT molecular complexity index is 957. The number of rotatable bonds is 2. The van der Waals surface area contributed by atoms with Crippen LogP contribution in [-0.2, 0) is 5.66 Å². The number of nitrogens with zero attached hydrogens (tertiary/aromatic N) is 4. The average Bonchev–Trinajstić information content (AvgIpc) is 3.01. The molecule has 1 atom stereocenters. The van der Waals surface area contributed by atoms with Gasteiger partial charge in [-0.05, 0) is 43.3 Å². The van der Waals surface area contributed by atoms with Crippen molar-refractivity contribution in [1.82, 2.24) is 4.98 Å². The lowest BCUT2D eigenvalue weighted by Gasteiger charge is -2.24. The van der Waals surface area contributed by atoms with Crippen LogP contribution < -0.4 is 0 Å². The van der Waals surface area contributed by atoms with E-state index >= 15 is 0 Å². The maximum Gasteiger partial charge on any atom is 0.173 e. The number of phenolic OH excluding ortho intramolecular Hbond substituents is 1. The number of hydrogen-bond acceptors (Lipinski definition) is 5. The number of pyridine rings is 1. The maximum atomic E-state index is 13.6. The molecule has 0 saturated heterocycles. The molecule has 4 rings (SSSR count). The van der Waals surface area contributed by atoms with E-state index in [4.69, 9.17) is 4.99 Å². The lowest BCUT2D eigenvalue weighted by Crippen LogP contribution is -2.27. The topological polar surface area (TPSA) is 102 Å². The Morgan fingerprint density at radius 2 is 1.81 bits per heavy atom. The SMILES string of the molecule is CC1(c2ccncc2)N=CC2=NC(c3ccc(O)c(F)c3)=CC2=N1.Cl.O. The van der Waals surface area contributed by atoms with Crippen molar-refractivity contribution in [1.29, 1.82) is 0 Å². The fourth-order valence-corrected chi connectivity index (χ4v) is 2.68. The van der Waals surface area contributed by atoms with E-state index < -0.39 is 11.5 Å². The number of benzene rings is 1. The first kappa shape index (κ1) is 19.4. The smallest absolute Gasteiger partial charge is 0.173 e. The highest BCUT2D eigenvalue weighted by Crippen LogP contribution is 2.32. The Labute approximate surface area is 155 Å². The number of aromatic nitrogens is 1. The minimum atomic E-state index is -0.733. The number of phenols is 1. The van der Waals surface area contributed by atoms with Gasteiger partial charge in [0.25, 0.3) is 0 Å². The molecule has 0 amide bonds. The number of aliphatic imine (C=N–C) groups is 3. The van der Waals surface area contributed by atoms with Gasteiger partial charge in [0.05, 0.1) is 17.6 Å². The molecule has 2 aliphatic heterocycles. The number of fused-ring (bicyclic) bond motifs is 1. The molecule has 0 spiro atoms. The van der Waals surface area contributed by atoms with Crippen LogP contribution in [0.3, 0.4) is 0 Å². The molecule has 2 aromatic rings. The highest BCUT2D eigenvalue weighted by atomic mass is 35.5. The van der Waals surface area contributed by atoms with Crippen molar-refractivity contribution < 1.29 is 15.0 Å². The standard InChI is InChI=1S/C18H13FN4O.ClH.H2O/c1-18(12-4-6-20-7-5-12)21-10-16-15(23-18)9-14(22-16)11-2-3-17(24)13(19)8-11;;/h2-10,24H,1H3;1H;1H2. The van der Waals surface area contributed by atoms with Gasteiger partial charge in [0.1, 0.15) is 5.71 Å². The van der Waals surface area contributed by atoms with Crippen LogP contribution in [0.4, 0.5) is 4.39 Å². The molecule has 0 fully saturated rings. The van der Waals surface area contributed by atoms with E-state index in [0.29, 0.717) is 22.7 Å². The van der Waals surface area contributed by atoms with Crippen molar-refractivity contribution in [2.24, 2.45) is 15.0 Å². The van der Waals surface area contributed by atoms with Crippen LogP contribution in [0.2, 0.25) is 0 Å². The first-order valence-electron chi connectivity index (χ1n) is 7.40.